The zero-order chi connectivity index (χ0) is 19.8. The highest BCUT2D eigenvalue weighted by atomic mass is 16.2. The predicted molar refractivity (Wildman–Crippen MR) is 107 cm³/mol. The summed E-state index contributed by atoms with van der Waals surface area (Å²) in [6.07, 6.45) is 6.84. The molecule has 0 unspecified atom stereocenters. The van der Waals surface area contributed by atoms with Crippen LogP contribution in [0.3, 0.4) is 0 Å². The van der Waals surface area contributed by atoms with E-state index in [1.54, 1.807) is 6.92 Å². The Balaban J connectivity index is 1.49. The molecule has 1 saturated carbocycles. The summed E-state index contributed by atoms with van der Waals surface area (Å²) in [7, 11) is 0. The molecule has 0 radical (unpaired) electrons. The molecule has 0 bridgehead atoms. The monoisotopic (exact) mass is 383 g/mol. The zero-order valence-electron chi connectivity index (χ0n) is 16.8. The van der Waals surface area contributed by atoms with Gasteiger partial charge in [0.05, 0.1) is 0 Å². The second kappa shape index (κ2) is 7.57. The van der Waals surface area contributed by atoms with E-state index in [0.29, 0.717) is 11.6 Å². The summed E-state index contributed by atoms with van der Waals surface area (Å²) in [5.41, 5.74) is 1.78. The van der Waals surface area contributed by atoms with Crippen LogP contribution in [-0.4, -0.2) is 52.8 Å². The number of nitrogens with zero attached hydrogens (tertiary/aromatic N) is 3. The average molecular weight is 383 g/mol. The van der Waals surface area contributed by atoms with Crippen molar-refractivity contribution in [3.05, 3.63) is 29.8 Å². The van der Waals surface area contributed by atoms with Crippen LogP contribution in [0.15, 0.2) is 24.3 Å². The van der Waals surface area contributed by atoms with Crippen molar-refractivity contribution in [3.8, 4) is 0 Å². The Kier molecular flexibility index (Phi) is 5.13. The first-order valence-electron chi connectivity index (χ1n) is 10.5. The van der Waals surface area contributed by atoms with E-state index >= 15 is 0 Å². The second-order valence-electron chi connectivity index (χ2n) is 8.43. The number of carbonyl (C=O) groups excluding carboxylic acids is 3. The second-order valence-corrected chi connectivity index (χ2v) is 8.43. The molecule has 2 aliphatic heterocycles. The van der Waals surface area contributed by atoms with Crippen molar-refractivity contribution in [3.63, 3.8) is 0 Å². The van der Waals surface area contributed by atoms with Gasteiger partial charge >= 0.3 is 6.03 Å². The van der Waals surface area contributed by atoms with Crippen LogP contribution in [0.2, 0.25) is 0 Å². The quantitative estimate of drug-likeness (QED) is 0.752. The lowest BCUT2D eigenvalue weighted by Gasteiger charge is -2.44. The third-order valence-corrected chi connectivity index (χ3v) is 6.62. The Labute approximate surface area is 166 Å². The molecule has 4 rings (SSSR count). The molecule has 2 saturated heterocycles. The minimum Gasteiger partial charge on any atom is -0.338 e. The Morgan fingerprint density at radius 1 is 1.04 bits per heavy atom. The van der Waals surface area contributed by atoms with Crippen molar-refractivity contribution >= 4 is 23.5 Å². The van der Waals surface area contributed by atoms with Crippen molar-refractivity contribution < 1.29 is 14.4 Å². The van der Waals surface area contributed by atoms with Crippen LogP contribution in [0.5, 0.6) is 0 Å². The van der Waals surface area contributed by atoms with E-state index < -0.39 is 12.1 Å². The summed E-state index contributed by atoms with van der Waals surface area (Å²) >= 11 is 0. The third kappa shape index (κ3) is 3.29. The number of piperidine rings is 1. The number of likely N-dealkylation sites (tertiary alicyclic amines) is 1. The van der Waals surface area contributed by atoms with E-state index in [-0.39, 0.29) is 24.4 Å². The van der Waals surface area contributed by atoms with Crippen LogP contribution in [-0.2, 0) is 9.59 Å². The molecular weight excluding hydrogens is 354 g/mol. The Morgan fingerprint density at radius 3 is 2.46 bits per heavy atom. The highest BCUT2D eigenvalue weighted by Crippen LogP contribution is 2.35. The van der Waals surface area contributed by atoms with Gasteiger partial charge in [-0.3, -0.25) is 19.4 Å². The first-order valence-corrected chi connectivity index (χ1v) is 10.5. The van der Waals surface area contributed by atoms with Gasteiger partial charge in [0.15, 0.2) is 0 Å². The maximum atomic E-state index is 13.1. The highest BCUT2D eigenvalue weighted by molar-refractivity contribution is 6.15. The van der Waals surface area contributed by atoms with Crippen LogP contribution in [0.25, 0.3) is 0 Å². The van der Waals surface area contributed by atoms with Crippen LogP contribution in [0.1, 0.15) is 51.0 Å². The number of fused-ring (bicyclic) bond motifs is 1. The van der Waals surface area contributed by atoms with Crippen molar-refractivity contribution in [2.45, 2.75) is 64.5 Å². The molecule has 1 aliphatic carbocycles. The van der Waals surface area contributed by atoms with Gasteiger partial charge in [0.25, 0.3) is 5.91 Å². The smallest absolute Gasteiger partial charge is 0.332 e. The van der Waals surface area contributed by atoms with Crippen LogP contribution in [0.4, 0.5) is 10.5 Å². The number of benzene rings is 1. The molecule has 150 valence electrons. The fourth-order valence-electron chi connectivity index (χ4n) is 5.07. The van der Waals surface area contributed by atoms with Crippen molar-refractivity contribution in [2.75, 3.05) is 18.0 Å². The predicted octanol–water partition coefficient (Wildman–Crippen LogP) is 3.33. The number of anilines is 1. The van der Waals surface area contributed by atoms with Gasteiger partial charge in [-0.2, -0.15) is 0 Å². The van der Waals surface area contributed by atoms with Crippen LogP contribution >= 0.6 is 0 Å². The minimum absolute atomic E-state index is 0.0868. The number of carbonyl (C=O) groups is 3. The lowest BCUT2D eigenvalue weighted by atomic mass is 9.78. The SMILES string of the molecule is Cc1ccc(N2C(=O)N(CC(=O)N3CCC[C@H]4CCCC[C@@H]43)C(=O)[C@H]2C)cc1. The molecule has 2 heterocycles. The minimum atomic E-state index is -0.591. The lowest BCUT2D eigenvalue weighted by molar-refractivity contribution is -0.141. The summed E-state index contributed by atoms with van der Waals surface area (Å²) in [6, 6.07) is 6.83. The van der Waals surface area contributed by atoms with E-state index in [0.717, 1.165) is 36.3 Å². The summed E-state index contributed by atoms with van der Waals surface area (Å²) < 4.78 is 0. The van der Waals surface area contributed by atoms with Gasteiger partial charge in [-0.1, -0.05) is 30.5 Å². The lowest BCUT2D eigenvalue weighted by Crippen LogP contribution is -2.53. The molecule has 0 aromatic heterocycles. The molecule has 6 heteroatoms. The molecule has 1 aromatic rings. The van der Waals surface area contributed by atoms with Crippen molar-refractivity contribution in [1.29, 1.82) is 0 Å². The number of hydrogen-bond donors (Lipinski definition) is 0. The molecule has 6 nitrogen and oxygen atoms in total. The largest absolute Gasteiger partial charge is 0.338 e. The van der Waals surface area contributed by atoms with E-state index in [1.165, 1.54) is 24.2 Å². The van der Waals surface area contributed by atoms with Crippen molar-refractivity contribution in [1.82, 2.24) is 9.80 Å². The number of urea groups is 1. The van der Waals surface area contributed by atoms with E-state index in [2.05, 4.69) is 0 Å². The first-order chi connectivity index (χ1) is 13.5. The molecule has 3 fully saturated rings. The van der Waals surface area contributed by atoms with Crippen LogP contribution < -0.4 is 4.90 Å². The maximum Gasteiger partial charge on any atom is 0.332 e. The number of amides is 4. The Bertz CT molecular complexity index is 774. The van der Waals surface area contributed by atoms with Gasteiger partial charge < -0.3 is 4.90 Å². The van der Waals surface area contributed by atoms with E-state index in [1.807, 2.05) is 36.1 Å². The number of aryl methyl sites for hydroxylation is 1. The van der Waals surface area contributed by atoms with Gasteiger partial charge in [-0.05, 0) is 57.6 Å². The number of imide groups is 1. The van der Waals surface area contributed by atoms with Gasteiger partial charge in [-0.15, -0.1) is 0 Å². The standard InChI is InChI=1S/C22H29N3O3/c1-15-9-11-18(12-10-15)25-16(2)21(27)24(22(25)28)14-20(26)23-13-5-7-17-6-3-4-8-19(17)23/h9-12,16-17,19H,3-8,13-14H2,1-2H3/t16-,17-,19+/m1/s1. The summed E-state index contributed by atoms with van der Waals surface area (Å²) in [5.74, 6) is 0.201. The van der Waals surface area contributed by atoms with Crippen LogP contribution in [0, 0.1) is 12.8 Å². The Morgan fingerprint density at radius 2 is 1.71 bits per heavy atom. The molecule has 4 amide bonds. The fourth-order valence-corrected chi connectivity index (χ4v) is 5.07. The topological polar surface area (TPSA) is 60.9 Å². The molecule has 0 spiro atoms. The third-order valence-electron chi connectivity index (χ3n) is 6.62. The number of rotatable bonds is 3. The molecule has 28 heavy (non-hydrogen) atoms. The Hall–Kier alpha value is -2.37. The van der Waals surface area contributed by atoms with Gasteiger partial charge in [-0.25, -0.2) is 4.79 Å². The highest BCUT2D eigenvalue weighted by Gasteiger charge is 2.45. The van der Waals surface area contributed by atoms with Gasteiger partial charge in [0.2, 0.25) is 5.91 Å². The summed E-state index contributed by atoms with van der Waals surface area (Å²) in [5, 5.41) is 0. The summed E-state index contributed by atoms with van der Waals surface area (Å²) in [6.45, 7) is 4.30. The molecule has 3 atom stereocenters. The van der Waals surface area contributed by atoms with Crippen molar-refractivity contribution in [2.24, 2.45) is 5.92 Å². The summed E-state index contributed by atoms with van der Waals surface area (Å²) in [4.78, 5) is 43.4. The maximum absolute atomic E-state index is 13.1. The van der Waals surface area contributed by atoms with E-state index in [9.17, 15) is 14.4 Å². The zero-order valence-corrected chi connectivity index (χ0v) is 16.8. The number of hydrogen-bond acceptors (Lipinski definition) is 3. The first kappa shape index (κ1) is 19.0. The average Bonchev–Trinajstić information content (AvgIpc) is 2.91. The van der Waals surface area contributed by atoms with Gasteiger partial charge in [0, 0.05) is 18.3 Å². The molecule has 1 aromatic carbocycles. The molecule has 3 aliphatic rings. The normalized spacial score (nSPS) is 27.9. The molecular formula is C22H29N3O3. The van der Waals surface area contributed by atoms with E-state index in [4.69, 9.17) is 0 Å². The fraction of sp³-hybridized carbons (Fsp3) is 0.591. The molecule has 0 N–H and O–H groups in total. The van der Waals surface area contributed by atoms with Gasteiger partial charge in [0.1, 0.15) is 12.6 Å².